The Morgan fingerprint density at radius 1 is 1.00 bits per heavy atom. The van der Waals surface area contributed by atoms with Gasteiger partial charge in [-0.05, 0) is 35.9 Å². The average molecular weight is 463 g/mol. The monoisotopic (exact) mass is 462 g/mol. The molecule has 8 heteroatoms. The van der Waals surface area contributed by atoms with Crippen molar-refractivity contribution in [1.29, 1.82) is 0 Å². The fraction of sp³-hybridized carbons (Fsp3) is 0.423. The molecular formula is C26H34N6O2. The first-order valence-corrected chi connectivity index (χ1v) is 12.1. The van der Waals surface area contributed by atoms with Crippen molar-refractivity contribution < 1.29 is 9.59 Å². The van der Waals surface area contributed by atoms with Crippen molar-refractivity contribution in [2.45, 2.75) is 52.5 Å². The van der Waals surface area contributed by atoms with E-state index in [1.165, 1.54) is 0 Å². The molecule has 0 aliphatic rings. The number of rotatable bonds is 13. The lowest BCUT2D eigenvalue weighted by Gasteiger charge is -2.20. The lowest BCUT2D eigenvalue weighted by Crippen LogP contribution is -2.42. The topological polar surface area (TPSA) is 104 Å². The number of tetrazole rings is 1. The number of aromatic nitrogens is 4. The van der Waals surface area contributed by atoms with E-state index in [2.05, 4.69) is 51.6 Å². The van der Waals surface area contributed by atoms with Gasteiger partial charge in [0, 0.05) is 24.1 Å². The second-order valence-corrected chi connectivity index (χ2v) is 8.26. The molecule has 3 aromatic rings. The number of Topliss-reactive ketones (excluding diaryl/α,β-unsaturated/α-hetero) is 1. The van der Waals surface area contributed by atoms with Gasteiger partial charge in [-0.15, -0.1) is 10.2 Å². The van der Waals surface area contributed by atoms with E-state index in [1.54, 1.807) is 0 Å². The van der Waals surface area contributed by atoms with Crippen LogP contribution in [-0.4, -0.2) is 62.9 Å². The fourth-order valence-electron chi connectivity index (χ4n) is 3.96. The molecule has 8 nitrogen and oxygen atoms in total. The van der Waals surface area contributed by atoms with Gasteiger partial charge in [0.05, 0.1) is 6.04 Å². The summed E-state index contributed by atoms with van der Waals surface area (Å²) in [6.45, 7) is 8.76. The second kappa shape index (κ2) is 12.7. The molecule has 2 aromatic carbocycles. The van der Waals surface area contributed by atoms with Crippen LogP contribution >= 0.6 is 0 Å². The van der Waals surface area contributed by atoms with Crippen molar-refractivity contribution in [3.05, 3.63) is 54.1 Å². The maximum atomic E-state index is 13.3. The third-order valence-electron chi connectivity index (χ3n) is 6.04. The van der Waals surface area contributed by atoms with Crippen LogP contribution in [0.1, 0.15) is 56.8 Å². The number of unbranched alkanes of at least 4 members (excludes halogenated alkanes) is 1. The third kappa shape index (κ3) is 6.57. The Bertz CT molecular complexity index is 1050. The predicted molar refractivity (Wildman–Crippen MR) is 133 cm³/mol. The summed E-state index contributed by atoms with van der Waals surface area (Å²) in [5, 5.41) is 17.3. The van der Waals surface area contributed by atoms with Crippen molar-refractivity contribution in [2.24, 2.45) is 0 Å². The highest BCUT2D eigenvalue weighted by Crippen LogP contribution is 2.30. The van der Waals surface area contributed by atoms with Crippen LogP contribution in [0.5, 0.6) is 0 Å². The second-order valence-electron chi connectivity index (χ2n) is 8.26. The molecule has 3 rings (SSSR count). The summed E-state index contributed by atoms with van der Waals surface area (Å²) < 4.78 is 0. The van der Waals surface area contributed by atoms with Crippen LogP contribution in [0.3, 0.4) is 0 Å². The van der Waals surface area contributed by atoms with Crippen LogP contribution in [-0.2, 0) is 4.79 Å². The molecular weight excluding hydrogens is 428 g/mol. The minimum absolute atomic E-state index is 0.0531. The Hall–Kier alpha value is -3.39. The Labute approximate surface area is 201 Å². The first-order valence-electron chi connectivity index (χ1n) is 12.1. The summed E-state index contributed by atoms with van der Waals surface area (Å²) in [5.41, 5.74) is 3.35. The largest absolute Gasteiger partial charge is 0.346 e. The molecule has 1 atom stereocenters. The summed E-state index contributed by atoms with van der Waals surface area (Å²) in [4.78, 5) is 28.1. The summed E-state index contributed by atoms with van der Waals surface area (Å²) in [7, 11) is 0. The van der Waals surface area contributed by atoms with E-state index in [4.69, 9.17) is 0 Å². The van der Waals surface area contributed by atoms with Crippen LogP contribution in [0.15, 0.2) is 48.5 Å². The van der Waals surface area contributed by atoms with E-state index >= 15 is 0 Å². The lowest BCUT2D eigenvalue weighted by atomic mass is 9.95. The highest BCUT2D eigenvalue weighted by molar-refractivity contribution is 6.02. The van der Waals surface area contributed by atoms with Crippen LogP contribution in [0.25, 0.3) is 22.5 Å². The van der Waals surface area contributed by atoms with Gasteiger partial charge in [-0.2, -0.15) is 5.21 Å². The zero-order chi connectivity index (χ0) is 24.3. The van der Waals surface area contributed by atoms with Gasteiger partial charge in [-0.1, -0.05) is 82.1 Å². The number of carbonyl (C=O) groups is 2. The normalized spacial score (nSPS) is 12.0. The number of H-pyrrole nitrogens is 1. The maximum Gasteiger partial charge on any atom is 0.221 e. The van der Waals surface area contributed by atoms with Crippen molar-refractivity contribution in [2.75, 3.05) is 19.6 Å². The molecule has 180 valence electrons. The van der Waals surface area contributed by atoms with Crippen LogP contribution in [0.2, 0.25) is 0 Å². The van der Waals surface area contributed by atoms with E-state index in [-0.39, 0.29) is 11.7 Å². The molecule has 0 saturated heterocycles. The zero-order valence-corrected chi connectivity index (χ0v) is 20.3. The Balaban J connectivity index is 1.74. The van der Waals surface area contributed by atoms with E-state index in [9.17, 15) is 9.59 Å². The molecule has 0 bridgehead atoms. The van der Waals surface area contributed by atoms with Gasteiger partial charge < -0.3 is 10.2 Å². The molecule has 0 aliphatic carbocycles. The van der Waals surface area contributed by atoms with Gasteiger partial charge in [0.15, 0.2) is 5.78 Å². The number of carbonyl (C=O) groups excluding carboxylic acids is 2. The SMILES string of the molecule is CCCCC(NC(=O)CCN(CC)CC)C(=O)c1ccc(-c2ccccc2-c2nn[nH]n2)cc1. The molecule has 1 heterocycles. The first kappa shape index (κ1) is 25.2. The highest BCUT2D eigenvalue weighted by atomic mass is 16.2. The quantitative estimate of drug-likeness (QED) is 0.370. The summed E-state index contributed by atoms with van der Waals surface area (Å²) in [5.74, 6) is 0.387. The Kier molecular flexibility index (Phi) is 9.46. The van der Waals surface area contributed by atoms with E-state index < -0.39 is 6.04 Å². The van der Waals surface area contributed by atoms with Gasteiger partial charge >= 0.3 is 0 Å². The summed E-state index contributed by atoms with van der Waals surface area (Å²) in [6, 6.07) is 14.8. The molecule has 0 spiro atoms. The van der Waals surface area contributed by atoms with Crippen molar-refractivity contribution in [1.82, 2.24) is 30.8 Å². The number of nitrogens with one attached hydrogen (secondary N) is 2. The van der Waals surface area contributed by atoms with Crippen molar-refractivity contribution in [3.63, 3.8) is 0 Å². The van der Waals surface area contributed by atoms with Crippen molar-refractivity contribution >= 4 is 11.7 Å². The number of aromatic amines is 1. The van der Waals surface area contributed by atoms with Gasteiger partial charge in [-0.25, -0.2) is 0 Å². The number of nitrogens with zero attached hydrogens (tertiary/aromatic N) is 4. The van der Waals surface area contributed by atoms with E-state index in [0.717, 1.165) is 42.6 Å². The molecule has 1 amide bonds. The zero-order valence-electron chi connectivity index (χ0n) is 20.3. The van der Waals surface area contributed by atoms with E-state index in [1.807, 2.05) is 48.5 Å². The van der Waals surface area contributed by atoms with Gasteiger partial charge in [0.25, 0.3) is 0 Å². The average Bonchev–Trinajstić information content (AvgIpc) is 3.42. The smallest absolute Gasteiger partial charge is 0.221 e. The Morgan fingerprint density at radius 3 is 2.32 bits per heavy atom. The van der Waals surface area contributed by atoms with Crippen LogP contribution in [0.4, 0.5) is 0 Å². The number of hydrogen-bond donors (Lipinski definition) is 2. The molecule has 2 N–H and O–H groups in total. The fourth-order valence-corrected chi connectivity index (χ4v) is 3.96. The van der Waals surface area contributed by atoms with Gasteiger partial charge in [0.1, 0.15) is 0 Å². The minimum atomic E-state index is -0.512. The molecule has 34 heavy (non-hydrogen) atoms. The highest BCUT2D eigenvalue weighted by Gasteiger charge is 2.22. The molecule has 1 unspecified atom stereocenters. The summed E-state index contributed by atoms with van der Waals surface area (Å²) >= 11 is 0. The minimum Gasteiger partial charge on any atom is -0.346 e. The van der Waals surface area contributed by atoms with Crippen LogP contribution in [0, 0.1) is 0 Å². The summed E-state index contributed by atoms with van der Waals surface area (Å²) in [6.07, 6.45) is 2.87. The molecule has 0 saturated carbocycles. The lowest BCUT2D eigenvalue weighted by molar-refractivity contribution is -0.121. The molecule has 0 fully saturated rings. The van der Waals surface area contributed by atoms with Crippen LogP contribution < -0.4 is 5.32 Å². The number of amides is 1. The Morgan fingerprint density at radius 2 is 1.71 bits per heavy atom. The molecule has 0 radical (unpaired) electrons. The molecule has 1 aromatic heterocycles. The number of benzene rings is 2. The van der Waals surface area contributed by atoms with E-state index in [0.29, 0.717) is 30.8 Å². The number of ketones is 1. The van der Waals surface area contributed by atoms with Crippen molar-refractivity contribution in [3.8, 4) is 22.5 Å². The number of hydrogen-bond acceptors (Lipinski definition) is 6. The third-order valence-corrected chi connectivity index (χ3v) is 6.04. The predicted octanol–water partition coefficient (Wildman–Crippen LogP) is 4.12. The van der Waals surface area contributed by atoms with Gasteiger partial charge in [0.2, 0.25) is 11.7 Å². The van der Waals surface area contributed by atoms with Gasteiger partial charge in [-0.3, -0.25) is 9.59 Å². The standard InChI is InChI=1S/C26H34N6O2/c1-4-7-12-23(27-24(33)17-18-32(5-2)6-3)25(34)20-15-13-19(14-16-20)21-10-8-9-11-22(21)26-28-30-31-29-26/h8-11,13-16,23H,4-7,12,17-18H2,1-3H3,(H,27,33)(H,28,29,30,31). The maximum absolute atomic E-state index is 13.3. The molecule has 0 aliphatic heterocycles. The first-order chi connectivity index (χ1) is 16.6.